The van der Waals surface area contributed by atoms with Crippen LogP contribution >= 0.6 is 0 Å². The van der Waals surface area contributed by atoms with E-state index in [1.54, 1.807) is 0 Å². The van der Waals surface area contributed by atoms with E-state index in [0.29, 0.717) is 6.42 Å². The van der Waals surface area contributed by atoms with Crippen LogP contribution in [0.25, 0.3) is 0 Å². The van der Waals surface area contributed by atoms with Crippen LogP contribution in [0, 0.1) is 11.3 Å². The molecule has 0 spiro atoms. The van der Waals surface area contributed by atoms with Crippen molar-refractivity contribution in [3.05, 3.63) is 0 Å². The van der Waals surface area contributed by atoms with Gasteiger partial charge in [-0.05, 0) is 30.6 Å². The fourth-order valence-electron chi connectivity index (χ4n) is 4.09. The first kappa shape index (κ1) is 19.3. The van der Waals surface area contributed by atoms with Crippen molar-refractivity contribution >= 4 is 11.8 Å². The molecule has 1 saturated heterocycles. The van der Waals surface area contributed by atoms with E-state index in [2.05, 4.69) is 20.8 Å². The quantitative estimate of drug-likeness (QED) is 0.765. The van der Waals surface area contributed by atoms with E-state index in [1.165, 1.54) is 32.1 Å². The first-order chi connectivity index (χ1) is 11.3. The maximum Gasteiger partial charge on any atom is 0.245 e. The highest BCUT2D eigenvalue weighted by Gasteiger charge is 2.36. The first-order valence-corrected chi connectivity index (χ1v) is 9.82. The van der Waals surface area contributed by atoms with Gasteiger partial charge in [0.25, 0.3) is 0 Å². The van der Waals surface area contributed by atoms with Crippen molar-refractivity contribution in [2.45, 2.75) is 84.6 Å². The zero-order valence-electron chi connectivity index (χ0n) is 16.1. The van der Waals surface area contributed by atoms with Gasteiger partial charge in [0.15, 0.2) is 0 Å². The predicted molar refractivity (Wildman–Crippen MR) is 97.6 cm³/mol. The minimum Gasteiger partial charge on any atom is -0.344 e. The van der Waals surface area contributed by atoms with Crippen LogP contribution in [-0.4, -0.2) is 47.8 Å². The average molecular weight is 337 g/mol. The van der Waals surface area contributed by atoms with Crippen molar-refractivity contribution in [1.82, 2.24) is 9.80 Å². The Balaban J connectivity index is 1.85. The van der Waals surface area contributed by atoms with E-state index in [1.807, 2.05) is 16.8 Å². The fourth-order valence-corrected chi connectivity index (χ4v) is 4.09. The van der Waals surface area contributed by atoms with Crippen LogP contribution in [0.3, 0.4) is 0 Å². The lowest BCUT2D eigenvalue weighted by atomic mass is 9.87. The fraction of sp³-hybridized carbons (Fsp3) is 0.900. The number of hydrogen-bond donors (Lipinski definition) is 0. The Kier molecular flexibility index (Phi) is 6.70. The van der Waals surface area contributed by atoms with Crippen LogP contribution in [-0.2, 0) is 9.59 Å². The lowest BCUT2D eigenvalue weighted by Gasteiger charge is -2.31. The molecule has 0 aromatic rings. The van der Waals surface area contributed by atoms with Crippen LogP contribution in [0.5, 0.6) is 0 Å². The molecule has 2 fully saturated rings. The summed E-state index contributed by atoms with van der Waals surface area (Å²) in [6.45, 7) is 7.80. The van der Waals surface area contributed by atoms with Gasteiger partial charge in [-0.2, -0.15) is 0 Å². The molecule has 2 aliphatic rings. The number of carbonyl (C=O) groups is 2. The Bertz CT molecular complexity index is 435. The van der Waals surface area contributed by atoms with E-state index in [-0.39, 0.29) is 23.3 Å². The number of likely N-dealkylation sites (N-methyl/N-ethyl adjacent to an activating group) is 1. The molecule has 1 saturated carbocycles. The molecule has 0 aromatic heterocycles. The van der Waals surface area contributed by atoms with E-state index in [0.717, 1.165) is 38.3 Å². The Hall–Kier alpha value is -1.06. The Morgan fingerprint density at radius 3 is 2.33 bits per heavy atom. The molecule has 0 radical (unpaired) electrons. The molecule has 1 unspecified atom stereocenters. The van der Waals surface area contributed by atoms with E-state index in [9.17, 15) is 9.59 Å². The number of hydrogen-bond acceptors (Lipinski definition) is 2. The maximum atomic E-state index is 12.8. The summed E-state index contributed by atoms with van der Waals surface area (Å²) in [6, 6.07) is -0.226. The summed E-state index contributed by atoms with van der Waals surface area (Å²) in [7, 11) is 1.91. The van der Waals surface area contributed by atoms with Gasteiger partial charge < -0.3 is 9.80 Å². The summed E-state index contributed by atoms with van der Waals surface area (Å²) in [6.07, 6.45) is 10.1. The minimum absolute atomic E-state index is 0.0276. The SMILES string of the molecule is CN(CCC1CCCCC1)C(=O)C1CCCN1C(=O)CC(C)(C)C. The average Bonchev–Trinajstić information content (AvgIpc) is 3.01. The number of likely N-dealkylation sites (tertiary alicyclic amines) is 1. The summed E-state index contributed by atoms with van der Waals surface area (Å²) >= 11 is 0. The largest absolute Gasteiger partial charge is 0.344 e. The summed E-state index contributed by atoms with van der Waals surface area (Å²) in [5.41, 5.74) is -0.0276. The molecule has 0 aromatic carbocycles. The monoisotopic (exact) mass is 336 g/mol. The van der Waals surface area contributed by atoms with Crippen LogP contribution in [0.15, 0.2) is 0 Å². The molecule has 2 amide bonds. The van der Waals surface area contributed by atoms with Crippen molar-refractivity contribution in [1.29, 1.82) is 0 Å². The zero-order chi connectivity index (χ0) is 17.7. The summed E-state index contributed by atoms with van der Waals surface area (Å²) in [5.74, 6) is 1.07. The molecule has 24 heavy (non-hydrogen) atoms. The second kappa shape index (κ2) is 8.35. The van der Waals surface area contributed by atoms with Gasteiger partial charge in [0, 0.05) is 26.6 Å². The normalized spacial score (nSPS) is 22.7. The second-order valence-electron chi connectivity index (χ2n) is 9.04. The molecule has 0 N–H and O–H groups in total. The molecule has 1 aliphatic carbocycles. The van der Waals surface area contributed by atoms with Crippen LogP contribution < -0.4 is 0 Å². The minimum atomic E-state index is -0.226. The maximum absolute atomic E-state index is 12.8. The van der Waals surface area contributed by atoms with Gasteiger partial charge in [0.2, 0.25) is 11.8 Å². The van der Waals surface area contributed by atoms with Crippen molar-refractivity contribution < 1.29 is 9.59 Å². The molecule has 1 atom stereocenters. The third-order valence-corrected chi connectivity index (χ3v) is 5.51. The molecular formula is C20H36N2O2. The van der Waals surface area contributed by atoms with Crippen molar-refractivity contribution in [2.75, 3.05) is 20.1 Å². The smallest absolute Gasteiger partial charge is 0.245 e. The predicted octanol–water partition coefficient (Wildman–Crippen LogP) is 3.84. The van der Waals surface area contributed by atoms with Gasteiger partial charge in [0.05, 0.1) is 0 Å². The Morgan fingerprint density at radius 1 is 1.04 bits per heavy atom. The molecule has 0 bridgehead atoms. The standard InChI is InChI=1S/C20H36N2O2/c1-20(2,3)15-18(23)22-13-8-11-17(22)19(24)21(4)14-12-16-9-6-5-7-10-16/h16-17H,5-15H2,1-4H3. The highest BCUT2D eigenvalue weighted by molar-refractivity contribution is 5.88. The third-order valence-electron chi connectivity index (χ3n) is 5.51. The van der Waals surface area contributed by atoms with Crippen LogP contribution in [0.2, 0.25) is 0 Å². The van der Waals surface area contributed by atoms with Gasteiger partial charge in [-0.1, -0.05) is 52.9 Å². The van der Waals surface area contributed by atoms with Gasteiger partial charge in [-0.25, -0.2) is 0 Å². The molecule has 2 rings (SSSR count). The van der Waals surface area contributed by atoms with E-state index >= 15 is 0 Å². The highest BCUT2D eigenvalue weighted by atomic mass is 16.2. The highest BCUT2D eigenvalue weighted by Crippen LogP contribution is 2.28. The summed E-state index contributed by atoms with van der Waals surface area (Å²) < 4.78 is 0. The summed E-state index contributed by atoms with van der Waals surface area (Å²) in [5, 5.41) is 0. The number of rotatable bonds is 5. The molecule has 4 nitrogen and oxygen atoms in total. The van der Waals surface area contributed by atoms with Crippen LogP contribution in [0.1, 0.15) is 78.6 Å². The molecular weight excluding hydrogens is 300 g/mol. The number of nitrogens with zero attached hydrogens (tertiary/aromatic N) is 2. The summed E-state index contributed by atoms with van der Waals surface area (Å²) in [4.78, 5) is 29.1. The van der Waals surface area contributed by atoms with Gasteiger partial charge >= 0.3 is 0 Å². The lowest BCUT2D eigenvalue weighted by Crippen LogP contribution is -2.47. The van der Waals surface area contributed by atoms with E-state index < -0.39 is 0 Å². The van der Waals surface area contributed by atoms with Gasteiger partial charge in [-0.3, -0.25) is 9.59 Å². The van der Waals surface area contributed by atoms with Gasteiger partial charge in [-0.15, -0.1) is 0 Å². The first-order valence-electron chi connectivity index (χ1n) is 9.82. The van der Waals surface area contributed by atoms with Crippen LogP contribution in [0.4, 0.5) is 0 Å². The molecule has 1 aliphatic heterocycles. The van der Waals surface area contributed by atoms with Crippen molar-refractivity contribution in [3.8, 4) is 0 Å². The number of amides is 2. The molecule has 4 heteroatoms. The Labute approximate surface area is 148 Å². The van der Waals surface area contributed by atoms with Crippen molar-refractivity contribution in [2.24, 2.45) is 11.3 Å². The lowest BCUT2D eigenvalue weighted by molar-refractivity contribution is -0.144. The van der Waals surface area contributed by atoms with Crippen molar-refractivity contribution in [3.63, 3.8) is 0 Å². The Morgan fingerprint density at radius 2 is 1.71 bits per heavy atom. The second-order valence-corrected chi connectivity index (χ2v) is 9.04. The van der Waals surface area contributed by atoms with E-state index in [4.69, 9.17) is 0 Å². The molecule has 1 heterocycles. The van der Waals surface area contributed by atoms with Gasteiger partial charge in [0.1, 0.15) is 6.04 Å². The zero-order valence-corrected chi connectivity index (χ0v) is 16.1. The number of carbonyl (C=O) groups excluding carboxylic acids is 2. The third kappa shape index (κ3) is 5.49. The topological polar surface area (TPSA) is 40.6 Å². The molecule has 138 valence electrons.